The highest BCUT2D eigenvalue weighted by Gasteiger charge is 2.70. The third-order valence-corrected chi connectivity index (χ3v) is 5.37. The zero-order valence-electron chi connectivity index (χ0n) is 14.8. The lowest BCUT2D eigenvalue weighted by atomic mass is 9.94. The monoisotopic (exact) mass is 362 g/mol. The predicted octanol–water partition coefficient (Wildman–Crippen LogP) is 0.465. The summed E-state index contributed by atoms with van der Waals surface area (Å²) in [4.78, 5) is 37.1. The highest BCUT2D eigenvalue weighted by atomic mass is 19.3. The number of likely N-dealkylation sites (tertiary alicyclic amines) is 1. The number of halogens is 2. The van der Waals surface area contributed by atoms with Gasteiger partial charge in [0.1, 0.15) is 12.1 Å². The first-order chi connectivity index (χ1) is 11.1. The summed E-state index contributed by atoms with van der Waals surface area (Å²) >= 11 is 0. The predicted molar refractivity (Wildman–Crippen MR) is 82.7 cm³/mol. The van der Waals surface area contributed by atoms with E-state index in [4.69, 9.17) is 0 Å². The fourth-order valence-corrected chi connectivity index (χ4v) is 3.76. The van der Waals surface area contributed by atoms with Crippen molar-refractivity contribution >= 4 is 17.8 Å². The van der Waals surface area contributed by atoms with Gasteiger partial charge in [0.15, 0.2) is 0 Å². The molecule has 2 amide bonds. The van der Waals surface area contributed by atoms with Crippen LogP contribution in [0.15, 0.2) is 0 Å². The van der Waals surface area contributed by atoms with Gasteiger partial charge in [-0.05, 0) is 25.2 Å². The first-order valence-electron chi connectivity index (χ1n) is 8.04. The summed E-state index contributed by atoms with van der Waals surface area (Å²) in [6.07, 6.45) is 0. The quantitative estimate of drug-likeness (QED) is 0.659. The maximum Gasteiger partial charge on any atom is 0.326 e. The van der Waals surface area contributed by atoms with Crippen LogP contribution < -0.4 is 5.32 Å². The van der Waals surface area contributed by atoms with Crippen LogP contribution in [-0.4, -0.2) is 63.0 Å². The van der Waals surface area contributed by atoms with Crippen LogP contribution >= 0.6 is 0 Å². The van der Waals surface area contributed by atoms with Gasteiger partial charge in [0.2, 0.25) is 5.91 Å². The van der Waals surface area contributed by atoms with Crippen LogP contribution in [0.4, 0.5) is 8.78 Å². The number of alkyl halides is 2. The molecule has 0 aromatic carbocycles. The molecule has 2 rings (SSSR count). The normalized spacial score (nSPS) is 29.0. The molecule has 0 bridgehead atoms. The van der Waals surface area contributed by atoms with Crippen LogP contribution in [0.3, 0.4) is 0 Å². The first-order valence-corrected chi connectivity index (χ1v) is 8.04. The standard InChI is InChI=1S/C16H24F2N2O5/c1-14(2)7-6-20(9(8(7)14)12(22)23)11(21)10(15(3,4)25)19-13(24)16(5,17)18/h7-10,25H,6H2,1-5H3,(H,19,24)(H,22,23)/t7?,8?,9?,10-/m1/s1. The lowest BCUT2D eigenvalue weighted by Crippen LogP contribution is -2.62. The highest BCUT2D eigenvalue weighted by Crippen LogP contribution is 2.64. The van der Waals surface area contributed by atoms with Gasteiger partial charge in [-0.3, -0.25) is 9.59 Å². The molecule has 142 valence electrons. The van der Waals surface area contributed by atoms with Gasteiger partial charge in [-0.25, -0.2) is 4.79 Å². The van der Waals surface area contributed by atoms with Crippen LogP contribution in [0, 0.1) is 17.3 Å². The molecule has 1 saturated carbocycles. The Kier molecular flexibility index (Phi) is 4.39. The summed E-state index contributed by atoms with van der Waals surface area (Å²) < 4.78 is 26.3. The van der Waals surface area contributed by atoms with Crippen molar-refractivity contribution in [2.75, 3.05) is 6.54 Å². The second-order valence-corrected chi connectivity index (χ2v) is 8.18. The largest absolute Gasteiger partial charge is 0.480 e. The van der Waals surface area contributed by atoms with Gasteiger partial charge < -0.3 is 20.4 Å². The molecule has 1 heterocycles. The van der Waals surface area contributed by atoms with Crippen molar-refractivity contribution < 1.29 is 33.4 Å². The lowest BCUT2D eigenvalue weighted by molar-refractivity contribution is -0.157. The zero-order valence-corrected chi connectivity index (χ0v) is 14.8. The van der Waals surface area contributed by atoms with E-state index in [1.165, 1.54) is 13.8 Å². The van der Waals surface area contributed by atoms with Crippen LogP contribution in [0.25, 0.3) is 0 Å². The molecule has 7 nitrogen and oxygen atoms in total. The van der Waals surface area contributed by atoms with Gasteiger partial charge in [-0.15, -0.1) is 0 Å². The number of nitrogens with one attached hydrogen (secondary N) is 1. The molecule has 1 aliphatic heterocycles. The van der Waals surface area contributed by atoms with E-state index in [-0.39, 0.29) is 23.8 Å². The topological polar surface area (TPSA) is 107 Å². The van der Waals surface area contributed by atoms with Crippen LogP contribution in [0.2, 0.25) is 0 Å². The molecule has 0 aromatic rings. The van der Waals surface area contributed by atoms with E-state index in [1.807, 2.05) is 19.2 Å². The van der Waals surface area contributed by atoms with Crippen molar-refractivity contribution in [3.05, 3.63) is 0 Å². The molecule has 25 heavy (non-hydrogen) atoms. The molecule has 1 saturated heterocycles. The maximum atomic E-state index is 13.2. The van der Waals surface area contributed by atoms with Gasteiger partial charge >= 0.3 is 11.9 Å². The molecule has 3 N–H and O–H groups in total. The second-order valence-electron chi connectivity index (χ2n) is 8.18. The minimum atomic E-state index is -3.73. The Morgan fingerprint density at radius 1 is 1.24 bits per heavy atom. The molecule has 1 aliphatic carbocycles. The summed E-state index contributed by atoms with van der Waals surface area (Å²) in [5.41, 5.74) is -2.06. The molecule has 2 fully saturated rings. The molecule has 4 atom stereocenters. The Morgan fingerprint density at radius 2 is 1.76 bits per heavy atom. The SMILES string of the molecule is CC(F)(F)C(=O)N[C@H](C(=O)N1CC2C(C1C(=O)O)C2(C)C)C(C)(C)O. The van der Waals surface area contributed by atoms with Crippen LogP contribution in [-0.2, 0) is 14.4 Å². The molecule has 0 radical (unpaired) electrons. The number of hydrogen-bond acceptors (Lipinski definition) is 4. The van der Waals surface area contributed by atoms with E-state index in [2.05, 4.69) is 0 Å². The summed E-state index contributed by atoms with van der Waals surface area (Å²) in [5, 5.41) is 21.5. The summed E-state index contributed by atoms with van der Waals surface area (Å²) in [6.45, 7) is 6.74. The van der Waals surface area contributed by atoms with Crippen molar-refractivity contribution in [1.29, 1.82) is 0 Å². The number of carbonyl (C=O) groups is 3. The third kappa shape index (κ3) is 3.33. The summed E-state index contributed by atoms with van der Waals surface area (Å²) in [7, 11) is 0. The number of fused-ring (bicyclic) bond motifs is 1. The van der Waals surface area contributed by atoms with E-state index >= 15 is 0 Å². The van der Waals surface area contributed by atoms with Crippen LogP contribution in [0.5, 0.6) is 0 Å². The van der Waals surface area contributed by atoms with E-state index in [1.54, 1.807) is 0 Å². The molecule has 0 spiro atoms. The molecule has 0 aromatic heterocycles. The fourth-order valence-electron chi connectivity index (χ4n) is 3.76. The second kappa shape index (κ2) is 5.62. The molecular formula is C16H24F2N2O5. The van der Waals surface area contributed by atoms with Crippen LogP contribution in [0.1, 0.15) is 34.6 Å². The van der Waals surface area contributed by atoms with Crippen molar-refractivity contribution in [2.24, 2.45) is 17.3 Å². The number of carboxylic acid groups (broad SMARTS) is 1. The Labute approximate surface area is 144 Å². The third-order valence-electron chi connectivity index (χ3n) is 5.37. The van der Waals surface area contributed by atoms with Crippen molar-refractivity contribution in [1.82, 2.24) is 10.2 Å². The average molecular weight is 362 g/mol. The Bertz CT molecular complexity index is 609. The average Bonchev–Trinajstić information content (AvgIpc) is 2.82. The molecule has 3 unspecified atom stereocenters. The van der Waals surface area contributed by atoms with E-state index in [0.717, 1.165) is 4.90 Å². The van der Waals surface area contributed by atoms with Gasteiger partial charge in [0.25, 0.3) is 5.91 Å². The van der Waals surface area contributed by atoms with Gasteiger partial charge in [0, 0.05) is 19.4 Å². The van der Waals surface area contributed by atoms with Gasteiger partial charge in [0.05, 0.1) is 5.60 Å². The Hall–Kier alpha value is -1.77. The number of amides is 2. The van der Waals surface area contributed by atoms with Crippen molar-refractivity contribution in [2.45, 2.75) is 58.2 Å². The highest BCUT2D eigenvalue weighted by molar-refractivity contribution is 5.93. The smallest absolute Gasteiger partial charge is 0.326 e. The maximum absolute atomic E-state index is 13.2. The minimum absolute atomic E-state index is 0.0108. The molecule has 2 aliphatic rings. The Morgan fingerprint density at radius 3 is 2.16 bits per heavy atom. The molecular weight excluding hydrogens is 338 g/mol. The van der Waals surface area contributed by atoms with E-state index < -0.39 is 41.4 Å². The van der Waals surface area contributed by atoms with Gasteiger partial charge in [-0.1, -0.05) is 13.8 Å². The number of aliphatic carboxylic acids is 1. The van der Waals surface area contributed by atoms with E-state index in [9.17, 15) is 33.4 Å². The number of carbonyl (C=O) groups excluding carboxylic acids is 2. The number of carboxylic acids is 1. The lowest BCUT2D eigenvalue weighted by Gasteiger charge is -2.36. The summed E-state index contributed by atoms with van der Waals surface area (Å²) in [5.74, 6) is -7.74. The number of rotatable bonds is 5. The number of piperidine rings is 1. The zero-order chi connectivity index (χ0) is 19.5. The first kappa shape index (κ1) is 19.6. The number of nitrogens with zero attached hydrogens (tertiary/aromatic N) is 1. The van der Waals surface area contributed by atoms with E-state index in [0.29, 0.717) is 6.92 Å². The van der Waals surface area contributed by atoms with Gasteiger partial charge in [-0.2, -0.15) is 8.78 Å². The fraction of sp³-hybridized carbons (Fsp3) is 0.812. The number of hydrogen-bond donors (Lipinski definition) is 3. The van der Waals surface area contributed by atoms with Crippen molar-refractivity contribution in [3.63, 3.8) is 0 Å². The number of aliphatic hydroxyl groups is 1. The van der Waals surface area contributed by atoms with Crippen molar-refractivity contribution in [3.8, 4) is 0 Å². The Balaban J connectivity index is 2.26. The molecule has 9 heteroatoms. The minimum Gasteiger partial charge on any atom is -0.480 e. The summed E-state index contributed by atoms with van der Waals surface area (Å²) in [6, 6.07) is -2.77.